The lowest BCUT2D eigenvalue weighted by molar-refractivity contribution is 0.102. The van der Waals surface area contributed by atoms with Crippen LogP contribution in [0.2, 0.25) is 0 Å². The molecule has 0 saturated heterocycles. The topological polar surface area (TPSA) is 80.0 Å². The van der Waals surface area contributed by atoms with Gasteiger partial charge in [-0.3, -0.25) is 10.6 Å². The molecule has 0 atom stereocenters. The number of nitrogen functional groups attached to an aromatic ring is 1. The van der Waals surface area contributed by atoms with Crippen LogP contribution in [0.5, 0.6) is 0 Å². The zero-order valence-electron chi connectivity index (χ0n) is 11.8. The zero-order chi connectivity index (χ0) is 14.7. The highest BCUT2D eigenvalue weighted by Crippen LogP contribution is 2.16. The molecule has 0 fully saturated rings. The maximum atomic E-state index is 12.3. The molecule has 5 heteroatoms. The fraction of sp³-hybridized carbons (Fsp3) is 0.200. The summed E-state index contributed by atoms with van der Waals surface area (Å²) in [6.07, 6.45) is 0. The number of aryl methyl sites for hydroxylation is 3. The Labute approximate surface area is 118 Å². The quantitative estimate of drug-likeness (QED) is 0.591. The normalized spacial score (nSPS) is 10.2. The van der Waals surface area contributed by atoms with Gasteiger partial charge >= 0.3 is 0 Å². The number of benzene rings is 1. The van der Waals surface area contributed by atoms with Crippen LogP contribution in [0.3, 0.4) is 0 Å². The summed E-state index contributed by atoms with van der Waals surface area (Å²) < 4.78 is 0. The SMILES string of the molecule is Cc1cc(C)nc(NC(=O)c2ccc(NN)cc2C)c1. The molecule has 1 heterocycles. The van der Waals surface area contributed by atoms with Gasteiger partial charge in [-0.05, 0) is 62.2 Å². The molecule has 0 unspecified atom stereocenters. The summed E-state index contributed by atoms with van der Waals surface area (Å²) in [5, 5.41) is 2.82. The predicted molar refractivity (Wildman–Crippen MR) is 80.7 cm³/mol. The van der Waals surface area contributed by atoms with E-state index < -0.39 is 0 Å². The average Bonchev–Trinajstić information content (AvgIpc) is 2.36. The molecule has 1 aromatic heterocycles. The Balaban J connectivity index is 2.23. The van der Waals surface area contributed by atoms with E-state index in [1.54, 1.807) is 12.1 Å². The number of nitrogens with two attached hydrogens (primary N) is 1. The van der Waals surface area contributed by atoms with E-state index in [4.69, 9.17) is 5.84 Å². The molecule has 0 radical (unpaired) electrons. The van der Waals surface area contributed by atoms with Crippen molar-refractivity contribution in [2.24, 2.45) is 5.84 Å². The molecule has 4 N–H and O–H groups in total. The van der Waals surface area contributed by atoms with Gasteiger partial charge in [0.2, 0.25) is 0 Å². The van der Waals surface area contributed by atoms with Crippen LogP contribution < -0.4 is 16.6 Å². The minimum atomic E-state index is -0.177. The van der Waals surface area contributed by atoms with Gasteiger partial charge in [-0.15, -0.1) is 0 Å². The Bertz CT molecular complexity index is 632. The van der Waals surface area contributed by atoms with E-state index in [1.807, 2.05) is 39.0 Å². The van der Waals surface area contributed by atoms with Gasteiger partial charge in [0.05, 0.1) is 0 Å². The van der Waals surface area contributed by atoms with Crippen LogP contribution in [-0.2, 0) is 0 Å². The standard InChI is InChI=1S/C15H18N4O/c1-9-6-11(3)17-14(7-9)18-15(20)13-5-4-12(19-16)8-10(13)2/h4-8,19H,16H2,1-3H3,(H,17,18,20). The van der Waals surface area contributed by atoms with Gasteiger partial charge < -0.3 is 10.7 Å². The van der Waals surface area contributed by atoms with Crippen molar-refractivity contribution in [1.29, 1.82) is 0 Å². The lowest BCUT2D eigenvalue weighted by atomic mass is 10.1. The number of aromatic nitrogens is 1. The second-order valence-corrected chi connectivity index (χ2v) is 4.80. The molecule has 0 spiro atoms. The van der Waals surface area contributed by atoms with E-state index in [9.17, 15) is 4.79 Å². The first-order valence-electron chi connectivity index (χ1n) is 6.33. The Morgan fingerprint density at radius 1 is 1.15 bits per heavy atom. The zero-order valence-corrected chi connectivity index (χ0v) is 11.8. The highest BCUT2D eigenvalue weighted by Gasteiger charge is 2.10. The Morgan fingerprint density at radius 3 is 2.50 bits per heavy atom. The van der Waals surface area contributed by atoms with Crippen molar-refractivity contribution in [3.63, 3.8) is 0 Å². The molecule has 5 nitrogen and oxygen atoms in total. The maximum Gasteiger partial charge on any atom is 0.257 e. The number of nitrogens with zero attached hydrogens (tertiary/aromatic N) is 1. The van der Waals surface area contributed by atoms with Crippen molar-refractivity contribution in [1.82, 2.24) is 4.98 Å². The number of nitrogens with one attached hydrogen (secondary N) is 2. The van der Waals surface area contributed by atoms with Crippen LogP contribution in [0.15, 0.2) is 30.3 Å². The summed E-state index contributed by atoms with van der Waals surface area (Å²) in [7, 11) is 0. The predicted octanol–water partition coefficient (Wildman–Crippen LogP) is 2.54. The molecular weight excluding hydrogens is 252 g/mol. The fourth-order valence-corrected chi connectivity index (χ4v) is 2.10. The van der Waals surface area contributed by atoms with Crippen molar-refractivity contribution < 1.29 is 4.79 Å². The Morgan fingerprint density at radius 2 is 1.90 bits per heavy atom. The van der Waals surface area contributed by atoms with Crippen LogP contribution in [0.4, 0.5) is 11.5 Å². The summed E-state index contributed by atoms with van der Waals surface area (Å²) in [6.45, 7) is 5.73. The van der Waals surface area contributed by atoms with Gasteiger partial charge in [0, 0.05) is 16.9 Å². The summed E-state index contributed by atoms with van der Waals surface area (Å²) in [5.74, 6) is 5.73. The number of pyridine rings is 1. The molecule has 0 bridgehead atoms. The first-order valence-corrected chi connectivity index (χ1v) is 6.33. The number of hydrazine groups is 1. The van der Waals surface area contributed by atoms with E-state index in [-0.39, 0.29) is 5.91 Å². The highest BCUT2D eigenvalue weighted by molar-refractivity contribution is 6.05. The van der Waals surface area contributed by atoms with Crippen molar-refractivity contribution in [3.05, 3.63) is 52.7 Å². The maximum absolute atomic E-state index is 12.3. The minimum Gasteiger partial charge on any atom is -0.324 e. The Hall–Kier alpha value is -2.40. The largest absolute Gasteiger partial charge is 0.324 e. The molecule has 0 aliphatic carbocycles. The van der Waals surface area contributed by atoms with Crippen molar-refractivity contribution in [3.8, 4) is 0 Å². The first-order chi connectivity index (χ1) is 9.49. The number of hydrogen-bond acceptors (Lipinski definition) is 4. The highest BCUT2D eigenvalue weighted by atomic mass is 16.1. The number of carbonyl (C=O) groups excluding carboxylic acids is 1. The van der Waals surface area contributed by atoms with Crippen LogP contribution in [0, 0.1) is 20.8 Å². The first kappa shape index (κ1) is 14.0. The van der Waals surface area contributed by atoms with Crippen LogP contribution in [0.1, 0.15) is 27.2 Å². The summed E-state index contributed by atoms with van der Waals surface area (Å²) in [4.78, 5) is 16.6. The number of carbonyl (C=O) groups is 1. The second-order valence-electron chi connectivity index (χ2n) is 4.80. The second kappa shape index (κ2) is 5.71. The van der Waals surface area contributed by atoms with Crippen molar-refractivity contribution >= 4 is 17.4 Å². The minimum absolute atomic E-state index is 0.177. The third-order valence-electron chi connectivity index (χ3n) is 2.98. The molecule has 1 aromatic carbocycles. The molecule has 1 amide bonds. The number of rotatable bonds is 3. The average molecular weight is 270 g/mol. The smallest absolute Gasteiger partial charge is 0.257 e. The van der Waals surface area contributed by atoms with E-state index in [1.165, 1.54) is 0 Å². The molecule has 20 heavy (non-hydrogen) atoms. The number of amides is 1. The van der Waals surface area contributed by atoms with Gasteiger partial charge in [0.15, 0.2) is 0 Å². The monoisotopic (exact) mass is 270 g/mol. The van der Waals surface area contributed by atoms with Gasteiger partial charge in [0.25, 0.3) is 5.91 Å². The van der Waals surface area contributed by atoms with E-state index >= 15 is 0 Å². The third kappa shape index (κ3) is 3.13. The van der Waals surface area contributed by atoms with Gasteiger partial charge in [0.1, 0.15) is 5.82 Å². The van der Waals surface area contributed by atoms with Gasteiger partial charge in [-0.25, -0.2) is 4.98 Å². The number of anilines is 2. The molecular formula is C15H18N4O. The molecule has 0 aliphatic rings. The Kier molecular flexibility index (Phi) is 4.00. The molecule has 0 saturated carbocycles. The fourth-order valence-electron chi connectivity index (χ4n) is 2.10. The van der Waals surface area contributed by atoms with Crippen LogP contribution in [0.25, 0.3) is 0 Å². The third-order valence-corrected chi connectivity index (χ3v) is 2.98. The molecule has 0 aliphatic heterocycles. The van der Waals surface area contributed by atoms with Gasteiger partial charge in [-0.1, -0.05) is 0 Å². The summed E-state index contributed by atoms with van der Waals surface area (Å²) in [6, 6.07) is 9.13. The van der Waals surface area contributed by atoms with Crippen LogP contribution in [-0.4, -0.2) is 10.9 Å². The van der Waals surface area contributed by atoms with Crippen molar-refractivity contribution in [2.75, 3.05) is 10.7 Å². The summed E-state index contributed by atoms with van der Waals surface area (Å²) in [5.41, 5.74) is 6.71. The lowest BCUT2D eigenvalue weighted by Gasteiger charge is -2.10. The van der Waals surface area contributed by atoms with E-state index in [2.05, 4.69) is 15.7 Å². The number of hydrogen-bond donors (Lipinski definition) is 3. The molecule has 2 aromatic rings. The molecule has 2 rings (SSSR count). The summed E-state index contributed by atoms with van der Waals surface area (Å²) >= 11 is 0. The van der Waals surface area contributed by atoms with E-state index in [0.29, 0.717) is 11.4 Å². The van der Waals surface area contributed by atoms with E-state index in [0.717, 1.165) is 22.5 Å². The van der Waals surface area contributed by atoms with Gasteiger partial charge in [-0.2, -0.15) is 0 Å². The van der Waals surface area contributed by atoms with Crippen molar-refractivity contribution in [2.45, 2.75) is 20.8 Å². The lowest BCUT2D eigenvalue weighted by Crippen LogP contribution is -2.15. The molecule has 104 valence electrons. The van der Waals surface area contributed by atoms with Crippen LogP contribution >= 0.6 is 0 Å².